The van der Waals surface area contributed by atoms with Crippen LogP contribution in [-0.4, -0.2) is 32.4 Å². The predicted molar refractivity (Wildman–Crippen MR) is 102 cm³/mol. The molecule has 2 rings (SSSR count). The Balaban J connectivity index is 1.94. The van der Waals surface area contributed by atoms with E-state index in [-0.39, 0.29) is 4.90 Å². The highest BCUT2D eigenvalue weighted by atomic mass is 32.2. The van der Waals surface area contributed by atoms with Gasteiger partial charge < -0.3 is 10.1 Å². The number of benzene rings is 2. The van der Waals surface area contributed by atoms with E-state index in [0.717, 1.165) is 5.56 Å². The Hall–Kier alpha value is -2.71. The Morgan fingerprint density at radius 3 is 2.15 bits per heavy atom. The Morgan fingerprint density at radius 2 is 1.56 bits per heavy atom. The van der Waals surface area contributed by atoms with Gasteiger partial charge in [0, 0.05) is 5.69 Å². The van der Waals surface area contributed by atoms with Gasteiger partial charge >= 0.3 is 5.97 Å². The number of anilines is 1. The van der Waals surface area contributed by atoms with E-state index < -0.39 is 34.0 Å². The van der Waals surface area contributed by atoms with E-state index in [0.29, 0.717) is 5.69 Å². The zero-order valence-corrected chi connectivity index (χ0v) is 16.1. The molecule has 7 nitrogen and oxygen atoms in total. The van der Waals surface area contributed by atoms with Crippen LogP contribution in [0.5, 0.6) is 0 Å². The fourth-order valence-corrected chi connectivity index (χ4v) is 3.35. The van der Waals surface area contributed by atoms with E-state index in [1.165, 1.54) is 26.0 Å². The van der Waals surface area contributed by atoms with Gasteiger partial charge in [-0.2, -0.15) is 4.72 Å². The zero-order valence-electron chi connectivity index (χ0n) is 15.3. The van der Waals surface area contributed by atoms with Gasteiger partial charge in [0.1, 0.15) is 6.04 Å². The molecule has 0 fully saturated rings. The molecule has 0 heterocycles. The van der Waals surface area contributed by atoms with Crippen LogP contribution in [0.4, 0.5) is 5.69 Å². The lowest BCUT2D eigenvalue weighted by molar-refractivity contribution is -0.154. The normalized spacial score (nSPS) is 13.4. The standard InChI is InChI=1S/C19H22N2O5S/c1-13-9-11-17(12-10-13)27(24,25)21-14(2)19(23)26-15(3)18(22)20-16-7-5-4-6-8-16/h4-12,14-15,21H,1-3H3,(H,20,22)/t14-,15-/m0/s1. The van der Waals surface area contributed by atoms with Gasteiger partial charge in [-0.25, -0.2) is 8.42 Å². The Kier molecular flexibility index (Phi) is 6.70. The molecule has 2 aromatic rings. The molecule has 0 bridgehead atoms. The number of aryl methyl sites for hydroxylation is 1. The van der Waals surface area contributed by atoms with Crippen molar-refractivity contribution in [3.05, 3.63) is 60.2 Å². The van der Waals surface area contributed by atoms with E-state index >= 15 is 0 Å². The maximum atomic E-state index is 12.3. The number of hydrogen-bond acceptors (Lipinski definition) is 5. The molecule has 0 saturated heterocycles. The van der Waals surface area contributed by atoms with Crippen molar-refractivity contribution in [3.63, 3.8) is 0 Å². The minimum atomic E-state index is -3.88. The SMILES string of the molecule is Cc1ccc(S(=O)(=O)N[C@@H](C)C(=O)O[C@@H](C)C(=O)Nc2ccccc2)cc1. The van der Waals surface area contributed by atoms with Gasteiger partial charge in [0.2, 0.25) is 10.0 Å². The van der Waals surface area contributed by atoms with Crippen LogP contribution in [0.3, 0.4) is 0 Å². The second-order valence-electron chi connectivity index (χ2n) is 6.09. The minimum absolute atomic E-state index is 0.0441. The molecule has 8 heteroatoms. The van der Waals surface area contributed by atoms with Crippen molar-refractivity contribution in [2.24, 2.45) is 0 Å². The monoisotopic (exact) mass is 390 g/mol. The summed E-state index contributed by atoms with van der Waals surface area (Å²) in [6.45, 7) is 4.61. The lowest BCUT2D eigenvalue weighted by atomic mass is 10.2. The average Bonchev–Trinajstić information content (AvgIpc) is 2.62. The zero-order chi connectivity index (χ0) is 20.0. The number of carbonyl (C=O) groups excluding carboxylic acids is 2. The number of esters is 1. The first-order chi connectivity index (χ1) is 12.7. The molecule has 27 heavy (non-hydrogen) atoms. The molecule has 1 amide bonds. The molecule has 2 N–H and O–H groups in total. The summed E-state index contributed by atoms with van der Waals surface area (Å²) in [6, 6.07) is 13.8. The first-order valence-corrected chi connectivity index (χ1v) is 9.83. The van der Waals surface area contributed by atoms with Crippen LogP contribution >= 0.6 is 0 Å². The lowest BCUT2D eigenvalue weighted by Gasteiger charge is -2.17. The topological polar surface area (TPSA) is 102 Å². The number of nitrogens with one attached hydrogen (secondary N) is 2. The van der Waals surface area contributed by atoms with Crippen LogP contribution in [-0.2, 0) is 24.3 Å². The molecule has 0 aliphatic carbocycles. The molecular formula is C19H22N2O5S. The molecule has 0 aliphatic rings. The third-order valence-electron chi connectivity index (χ3n) is 3.72. The molecular weight excluding hydrogens is 368 g/mol. The molecule has 144 valence electrons. The van der Waals surface area contributed by atoms with Crippen molar-refractivity contribution in [2.75, 3.05) is 5.32 Å². The van der Waals surface area contributed by atoms with Gasteiger partial charge in [-0.1, -0.05) is 35.9 Å². The second-order valence-corrected chi connectivity index (χ2v) is 7.80. The van der Waals surface area contributed by atoms with Crippen LogP contribution in [0.2, 0.25) is 0 Å². The molecule has 0 saturated carbocycles. The molecule has 0 radical (unpaired) electrons. The number of rotatable bonds is 7. The number of hydrogen-bond donors (Lipinski definition) is 2. The van der Waals surface area contributed by atoms with E-state index in [4.69, 9.17) is 4.74 Å². The maximum absolute atomic E-state index is 12.3. The van der Waals surface area contributed by atoms with Gasteiger partial charge in [-0.15, -0.1) is 0 Å². The Morgan fingerprint density at radius 1 is 0.963 bits per heavy atom. The highest BCUT2D eigenvalue weighted by Crippen LogP contribution is 2.11. The highest BCUT2D eigenvalue weighted by Gasteiger charge is 2.26. The second kappa shape index (κ2) is 8.79. The van der Waals surface area contributed by atoms with Gasteiger partial charge in [0.15, 0.2) is 6.10 Å². The summed E-state index contributed by atoms with van der Waals surface area (Å²) in [5, 5.41) is 2.61. The van der Waals surface area contributed by atoms with E-state index in [1.54, 1.807) is 42.5 Å². The molecule has 0 aromatic heterocycles. The summed E-state index contributed by atoms with van der Waals surface area (Å²) in [7, 11) is -3.88. The van der Waals surface area contributed by atoms with E-state index in [9.17, 15) is 18.0 Å². The van der Waals surface area contributed by atoms with Gasteiger partial charge in [0.25, 0.3) is 5.91 Å². The smallest absolute Gasteiger partial charge is 0.324 e. The average molecular weight is 390 g/mol. The molecule has 0 unspecified atom stereocenters. The van der Waals surface area contributed by atoms with Crippen molar-refractivity contribution >= 4 is 27.6 Å². The van der Waals surface area contributed by atoms with Crippen LogP contribution in [0.25, 0.3) is 0 Å². The maximum Gasteiger partial charge on any atom is 0.324 e. The van der Waals surface area contributed by atoms with Crippen LogP contribution in [0, 0.1) is 6.92 Å². The fourth-order valence-electron chi connectivity index (χ4n) is 2.16. The number of para-hydroxylation sites is 1. The fraction of sp³-hybridized carbons (Fsp3) is 0.263. The quantitative estimate of drug-likeness (QED) is 0.706. The summed E-state index contributed by atoms with van der Waals surface area (Å²) in [5.41, 5.74) is 1.48. The number of ether oxygens (including phenoxy) is 1. The molecule has 2 aromatic carbocycles. The predicted octanol–water partition coefficient (Wildman–Crippen LogP) is 2.23. The van der Waals surface area contributed by atoms with Crippen LogP contribution in [0.1, 0.15) is 19.4 Å². The van der Waals surface area contributed by atoms with Crippen molar-refractivity contribution in [3.8, 4) is 0 Å². The summed E-state index contributed by atoms with van der Waals surface area (Å²) in [4.78, 5) is 24.3. The third kappa shape index (κ3) is 5.90. The van der Waals surface area contributed by atoms with Crippen LogP contribution < -0.4 is 10.0 Å². The highest BCUT2D eigenvalue weighted by molar-refractivity contribution is 7.89. The first-order valence-electron chi connectivity index (χ1n) is 8.34. The summed E-state index contributed by atoms with van der Waals surface area (Å²) >= 11 is 0. The molecule has 2 atom stereocenters. The summed E-state index contributed by atoms with van der Waals surface area (Å²) in [5.74, 6) is -1.36. The van der Waals surface area contributed by atoms with E-state index in [2.05, 4.69) is 10.0 Å². The van der Waals surface area contributed by atoms with Gasteiger partial charge in [-0.3, -0.25) is 9.59 Å². The van der Waals surface area contributed by atoms with Gasteiger partial charge in [-0.05, 0) is 45.0 Å². The van der Waals surface area contributed by atoms with Gasteiger partial charge in [0.05, 0.1) is 4.90 Å². The van der Waals surface area contributed by atoms with Crippen molar-refractivity contribution in [2.45, 2.75) is 37.8 Å². The molecule has 0 aliphatic heterocycles. The summed E-state index contributed by atoms with van der Waals surface area (Å²) < 4.78 is 32.0. The largest absolute Gasteiger partial charge is 0.451 e. The van der Waals surface area contributed by atoms with E-state index in [1.807, 2.05) is 6.92 Å². The Labute approximate surface area is 158 Å². The molecule has 0 spiro atoms. The van der Waals surface area contributed by atoms with Crippen molar-refractivity contribution < 1.29 is 22.7 Å². The van der Waals surface area contributed by atoms with Crippen molar-refractivity contribution in [1.82, 2.24) is 4.72 Å². The van der Waals surface area contributed by atoms with Crippen LogP contribution in [0.15, 0.2) is 59.5 Å². The van der Waals surface area contributed by atoms with Crippen molar-refractivity contribution in [1.29, 1.82) is 0 Å². The minimum Gasteiger partial charge on any atom is -0.451 e. The third-order valence-corrected chi connectivity index (χ3v) is 5.28. The number of carbonyl (C=O) groups is 2. The number of sulfonamides is 1. The first kappa shape index (κ1) is 20.6. The summed E-state index contributed by atoms with van der Waals surface area (Å²) in [6.07, 6.45) is -1.08. The number of amides is 1. The Bertz CT molecular complexity index is 895. The lowest BCUT2D eigenvalue weighted by Crippen LogP contribution is -2.42.